The third kappa shape index (κ3) is 5.47. The maximum absolute atomic E-state index is 12.2. The number of amides is 2. The van der Waals surface area contributed by atoms with Crippen molar-refractivity contribution in [2.45, 2.75) is 58.0 Å². The molecule has 2 amide bonds. The zero-order chi connectivity index (χ0) is 14.5. The molecule has 2 saturated heterocycles. The monoisotopic (exact) mass is 317 g/mol. The van der Waals surface area contributed by atoms with Gasteiger partial charge in [0.1, 0.15) is 0 Å². The lowest BCUT2D eigenvalue weighted by Crippen LogP contribution is -2.48. The number of hydrogen-bond acceptors (Lipinski definition) is 3. The lowest BCUT2D eigenvalue weighted by atomic mass is 10.0. The van der Waals surface area contributed by atoms with Gasteiger partial charge in [0.15, 0.2) is 0 Å². The molecule has 2 N–H and O–H groups in total. The molecule has 122 valence electrons. The summed E-state index contributed by atoms with van der Waals surface area (Å²) in [6.45, 7) is 6.40. The predicted octanol–water partition coefficient (Wildman–Crippen LogP) is 1.31. The second-order valence-electron chi connectivity index (χ2n) is 6.32. The Balaban J connectivity index is 0.00000220. The van der Waals surface area contributed by atoms with Crippen LogP contribution in [0.5, 0.6) is 0 Å². The molecule has 2 aliphatic rings. The van der Waals surface area contributed by atoms with Crippen molar-refractivity contribution in [1.29, 1.82) is 0 Å². The van der Waals surface area contributed by atoms with E-state index in [-0.39, 0.29) is 36.2 Å². The van der Waals surface area contributed by atoms with Gasteiger partial charge in [0.2, 0.25) is 11.8 Å². The molecule has 1 atom stereocenters. The molecular formula is C15H28ClN3O2. The molecule has 2 heterocycles. The molecule has 0 bridgehead atoms. The Morgan fingerprint density at radius 3 is 2.43 bits per heavy atom. The number of nitrogens with zero attached hydrogens (tertiary/aromatic N) is 1. The van der Waals surface area contributed by atoms with Crippen LogP contribution in [0, 0.1) is 5.92 Å². The molecule has 6 heteroatoms. The summed E-state index contributed by atoms with van der Waals surface area (Å²) in [6.07, 6.45) is 4.68. The maximum atomic E-state index is 12.2. The second-order valence-corrected chi connectivity index (χ2v) is 6.32. The van der Waals surface area contributed by atoms with E-state index in [2.05, 4.69) is 10.6 Å². The van der Waals surface area contributed by atoms with Crippen LogP contribution in [0.1, 0.15) is 46.0 Å². The first-order valence-electron chi connectivity index (χ1n) is 7.88. The summed E-state index contributed by atoms with van der Waals surface area (Å²) in [5.74, 6) is 0.408. The molecule has 0 aromatic rings. The fourth-order valence-corrected chi connectivity index (χ4v) is 2.91. The molecule has 0 aliphatic carbocycles. The van der Waals surface area contributed by atoms with Gasteiger partial charge in [-0.1, -0.05) is 13.8 Å². The van der Waals surface area contributed by atoms with E-state index in [1.165, 1.54) is 6.42 Å². The summed E-state index contributed by atoms with van der Waals surface area (Å²) in [4.78, 5) is 25.8. The molecule has 2 rings (SSSR count). The average molecular weight is 318 g/mol. The minimum atomic E-state index is 0. The van der Waals surface area contributed by atoms with Crippen LogP contribution >= 0.6 is 12.4 Å². The molecule has 5 nitrogen and oxygen atoms in total. The van der Waals surface area contributed by atoms with Gasteiger partial charge in [0.25, 0.3) is 0 Å². The second kappa shape index (κ2) is 8.59. The smallest absolute Gasteiger partial charge is 0.224 e. The van der Waals surface area contributed by atoms with E-state index in [0.29, 0.717) is 12.5 Å². The summed E-state index contributed by atoms with van der Waals surface area (Å²) < 4.78 is 0. The summed E-state index contributed by atoms with van der Waals surface area (Å²) >= 11 is 0. The molecule has 21 heavy (non-hydrogen) atoms. The first-order chi connectivity index (χ1) is 9.56. The molecule has 0 spiro atoms. The Hall–Kier alpha value is -0.810. The Morgan fingerprint density at radius 2 is 1.90 bits per heavy atom. The van der Waals surface area contributed by atoms with Crippen LogP contribution in [0.3, 0.4) is 0 Å². The highest BCUT2D eigenvalue weighted by Gasteiger charge is 2.26. The molecule has 0 saturated carbocycles. The summed E-state index contributed by atoms with van der Waals surface area (Å²) in [5.41, 5.74) is 0. The number of piperidine rings is 1. The van der Waals surface area contributed by atoms with Crippen molar-refractivity contribution in [3.8, 4) is 0 Å². The van der Waals surface area contributed by atoms with E-state index < -0.39 is 0 Å². The van der Waals surface area contributed by atoms with Gasteiger partial charge in [-0.25, -0.2) is 0 Å². The van der Waals surface area contributed by atoms with Crippen LogP contribution in [0.25, 0.3) is 0 Å². The fraction of sp³-hybridized carbons (Fsp3) is 0.867. The lowest BCUT2D eigenvalue weighted by Gasteiger charge is -2.33. The van der Waals surface area contributed by atoms with Gasteiger partial charge in [-0.05, 0) is 32.2 Å². The Morgan fingerprint density at radius 1 is 1.24 bits per heavy atom. The molecule has 2 fully saturated rings. The van der Waals surface area contributed by atoms with Gasteiger partial charge in [-0.2, -0.15) is 0 Å². The van der Waals surface area contributed by atoms with Crippen LogP contribution in [-0.2, 0) is 9.59 Å². The normalized spacial score (nSPS) is 23.0. The van der Waals surface area contributed by atoms with Crippen molar-refractivity contribution < 1.29 is 9.59 Å². The van der Waals surface area contributed by atoms with E-state index in [4.69, 9.17) is 0 Å². The Labute approximate surface area is 133 Å². The van der Waals surface area contributed by atoms with Crippen molar-refractivity contribution in [2.24, 2.45) is 5.92 Å². The van der Waals surface area contributed by atoms with Crippen molar-refractivity contribution in [3.05, 3.63) is 0 Å². The van der Waals surface area contributed by atoms with Crippen molar-refractivity contribution in [1.82, 2.24) is 15.5 Å². The number of carbonyl (C=O) groups is 2. The van der Waals surface area contributed by atoms with E-state index in [1.807, 2.05) is 18.7 Å². The summed E-state index contributed by atoms with van der Waals surface area (Å²) in [7, 11) is 0. The van der Waals surface area contributed by atoms with E-state index in [1.54, 1.807) is 0 Å². The number of nitrogens with one attached hydrogen (secondary N) is 2. The molecule has 1 unspecified atom stereocenters. The quantitative estimate of drug-likeness (QED) is 0.822. The molecular weight excluding hydrogens is 290 g/mol. The van der Waals surface area contributed by atoms with Gasteiger partial charge in [-0.3, -0.25) is 9.59 Å². The van der Waals surface area contributed by atoms with Crippen molar-refractivity contribution in [3.63, 3.8) is 0 Å². The SMILES string of the molecule is CC(C)C(=O)NC1CCN(C(=O)CC2CCCN2)CC1.Cl. The highest BCUT2D eigenvalue weighted by atomic mass is 35.5. The highest BCUT2D eigenvalue weighted by molar-refractivity contribution is 5.85. The van der Waals surface area contributed by atoms with Gasteiger partial charge in [0, 0.05) is 37.5 Å². The summed E-state index contributed by atoms with van der Waals surface area (Å²) in [6, 6.07) is 0.611. The van der Waals surface area contributed by atoms with Crippen LogP contribution < -0.4 is 10.6 Å². The largest absolute Gasteiger partial charge is 0.353 e. The Bertz CT molecular complexity index is 349. The minimum Gasteiger partial charge on any atom is -0.353 e. The van der Waals surface area contributed by atoms with Crippen LogP contribution in [-0.4, -0.2) is 48.4 Å². The van der Waals surface area contributed by atoms with Gasteiger partial charge < -0.3 is 15.5 Å². The van der Waals surface area contributed by atoms with E-state index in [0.717, 1.165) is 38.9 Å². The minimum absolute atomic E-state index is 0. The topological polar surface area (TPSA) is 61.4 Å². The Kier molecular flexibility index (Phi) is 7.46. The zero-order valence-electron chi connectivity index (χ0n) is 13.1. The third-order valence-corrected chi connectivity index (χ3v) is 4.30. The number of hydrogen-bond donors (Lipinski definition) is 2. The van der Waals surface area contributed by atoms with Crippen molar-refractivity contribution >= 4 is 24.2 Å². The third-order valence-electron chi connectivity index (χ3n) is 4.30. The number of halogens is 1. The fourth-order valence-electron chi connectivity index (χ4n) is 2.91. The van der Waals surface area contributed by atoms with Crippen LogP contribution in [0.15, 0.2) is 0 Å². The number of carbonyl (C=O) groups excluding carboxylic acids is 2. The maximum Gasteiger partial charge on any atom is 0.224 e. The molecule has 2 aliphatic heterocycles. The summed E-state index contributed by atoms with van der Waals surface area (Å²) in [5, 5.41) is 6.43. The molecule has 0 radical (unpaired) electrons. The highest BCUT2D eigenvalue weighted by Crippen LogP contribution is 2.15. The molecule has 0 aromatic heterocycles. The van der Waals surface area contributed by atoms with Crippen LogP contribution in [0.4, 0.5) is 0 Å². The number of likely N-dealkylation sites (tertiary alicyclic amines) is 1. The van der Waals surface area contributed by atoms with Gasteiger partial charge in [-0.15, -0.1) is 12.4 Å². The predicted molar refractivity (Wildman–Crippen MR) is 85.5 cm³/mol. The lowest BCUT2D eigenvalue weighted by molar-refractivity contribution is -0.133. The van der Waals surface area contributed by atoms with Crippen LogP contribution in [0.2, 0.25) is 0 Å². The van der Waals surface area contributed by atoms with E-state index in [9.17, 15) is 9.59 Å². The average Bonchev–Trinajstić information content (AvgIpc) is 2.92. The first-order valence-corrected chi connectivity index (χ1v) is 7.88. The first kappa shape index (κ1) is 18.2. The number of rotatable bonds is 4. The zero-order valence-corrected chi connectivity index (χ0v) is 13.9. The molecule has 0 aromatic carbocycles. The van der Waals surface area contributed by atoms with Gasteiger partial charge >= 0.3 is 0 Å². The standard InChI is InChI=1S/C15H27N3O2.ClH/c1-11(2)15(20)17-12-5-8-18(9-6-12)14(19)10-13-4-3-7-16-13;/h11-13,16H,3-10H2,1-2H3,(H,17,20);1H. The van der Waals surface area contributed by atoms with Crippen molar-refractivity contribution in [2.75, 3.05) is 19.6 Å². The van der Waals surface area contributed by atoms with Gasteiger partial charge in [0.05, 0.1) is 0 Å². The van der Waals surface area contributed by atoms with E-state index >= 15 is 0 Å².